The molecular weight excluding hydrogens is 246 g/mol. The molecule has 2 aromatic rings. The van der Waals surface area contributed by atoms with Crippen LogP contribution in [0.2, 0.25) is 5.02 Å². The van der Waals surface area contributed by atoms with E-state index in [1.807, 2.05) is 13.0 Å². The van der Waals surface area contributed by atoms with E-state index in [4.69, 9.17) is 11.6 Å². The number of rotatable bonds is 3. The molecule has 4 nitrogen and oxygen atoms in total. The van der Waals surface area contributed by atoms with Crippen LogP contribution in [0.1, 0.15) is 10.6 Å². The fraction of sp³-hybridized carbons (Fsp3) is 0.200. The first kappa shape index (κ1) is 11.2. The molecule has 2 N–H and O–H groups in total. The molecule has 0 aliphatic carbocycles. The molecule has 0 aliphatic heterocycles. The summed E-state index contributed by atoms with van der Waals surface area (Å²) in [7, 11) is 0. The maximum atomic E-state index is 9.68. The molecule has 16 heavy (non-hydrogen) atoms. The molecule has 0 amide bonds. The predicted octanol–water partition coefficient (Wildman–Crippen LogP) is 2.82. The van der Waals surface area contributed by atoms with Gasteiger partial charge in [-0.1, -0.05) is 35.1 Å². The third kappa shape index (κ3) is 2.43. The van der Waals surface area contributed by atoms with Crippen molar-refractivity contribution in [2.45, 2.75) is 13.5 Å². The maximum absolute atomic E-state index is 9.68. The summed E-state index contributed by atoms with van der Waals surface area (Å²) in [6.45, 7) is 2.36. The number of halogens is 1. The van der Waals surface area contributed by atoms with Gasteiger partial charge in [-0.2, -0.15) is 0 Å². The van der Waals surface area contributed by atoms with Gasteiger partial charge in [-0.05, 0) is 13.0 Å². The lowest BCUT2D eigenvalue weighted by Crippen LogP contribution is -1.99. The SMILES string of the molecule is Cc1nnc(NCc2cccc(Cl)c2O)s1. The molecule has 0 bridgehead atoms. The van der Waals surface area contributed by atoms with Gasteiger partial charge in [0.2, 0.25) is 5.13 Å². The van der Waals surface area contributed by atoms with Crippen LogP contribution in [0.5, 0.6) is 5.75 Å². The van der Waals surface area contributed by atoms with E-state index < -0.39 is 0 Å². The lowest BCUT2D eigenvalue weighted by atomic mass is 10.2. The number of phenols is 1. The molecule has 0 spiro atoms. The van der Waals surface area contributed by atoms with Gasteiger partial charge in [0.25, 0.3) is 0 Å². The molecule has 0 fully saturated rings. The third-order valence-corrected chi connectivity index (χ3v) is 3.13. The van der Waals surface area contributed by atoms with E-state index in [1.165, 1.54) is 11.3 Å². The van der Waals surface area contributed by atoms with Crippen LogP contribution in [0.4, 0.5) is 5.13 Å². The van der Waals surface area contributed by atoms with E-state index in [0.29, 0.717) is 11.6 Å². The van der Waals surface area contributed by atoms with Gasteiger partial charge >= 0.3 is 0 Å². The Morgan fingerprint density at radius 1 is 1.44 bits per heavy atom. The van der Waals surface area contributed by atoms with Crippen molar-refractivity contribution in [3.8, 4) is 5.75 Å². The number of hydrogen-bond acceptors (Lipinski definition) is 5. The molecule has 0 atom stereocenters. The van der Waals surface area contributed by atoms with E-state index in [0.717, 1.165) is 15.7 Å². The van der Waals surface area contributed by atoms with Crippen molar-refractivity contribution in [3.63, 3.8) is 0 Å². The average Bonchev–Trinajstić information content (AvgIpc) is 2.67. The number of anilines is 1. The Hall–Kier alpha value is -1.33. The Balaban J connectivity index is 2.07. The van der Waals surface area contributed by atoms with Gasteiger partial charge in [-0.15, -0.1) is 10.2 Å². The number of aromatic nitrogens is 2. The highest BCUT2D eigenvalue weighted by Gasteiger charge is 2.06. The summed E-state index contributed by atoms with van der Waals surface area (Å²) in [5.41, 5.74) is 0.736. The second-order valence-corrected chi connectivity index (χ2v) is 4.82. The monoisotopic (exact) mass is 255 g/mol. The van der Waals surface area contributed by atoms with Crippen LogP contribution in [0.15, 0.2) is 18.2 Å². The normalized spacial score (nSPS) is 10.4. The first-order valence-corrected chi connectivity index (χ1v) is 5.86. The number of para-hydroxylation sites is 1. The molecule has 6 heteroatoms. The molecule has 1 heterocycles. The number of aromatic hydroxyl groups is 1. The fourth-order valence-electron chi connectivity index (χ4n) is 1.24. The average molecular weight is 256 g/mol. The summed E-state index contributed by atoms with van der Waals surface area (Å²) in [6.07, 6.45) is 0. The molecule has 0 saturated heterocycles. The summed E-state index contributed by atoms with van der Waals surface area (Å²) in [6, 6.07) is 5.25. The Labute approximate surface area is 102 Å². The van der Waals surface area contributed by atoms with Gasteiger partial charge in [0.05, 0.1) is 5.02 Å². The van der Waals surface area contributed by atoms with E-state index in [-0.39, 0.29) is 5.75 Å². The highest BCUT2D eigenvalue weighted by molar-refractivity contribution is 7.15. The highest BCUT2D eigenvalue weighted by atomic mass is 35.5. The number of nitrogens with one attached hydrogen (secondary N) is 1. The topological polar surface area (TPSA) is 58.0 Å². The van der Waals surface area contributed by atoms with Crippen LogP contribution < -0.4 is 5.32 Å². The number of hydrogen-bond donors (Lipinski definition) is 2. The van der Waals surface area contributed by atoms with Gasteiger partial charge in [-0.25, -0.2) is 0 Å². The zero-order valence-electron chi connectivity index (χ0n) is 8.57. The summed E-state index contributed by atoms with van der Waals surface area (Å²) in [5, 5.41) is 22.6. The largest absolute Gasteiger partial charge is 0.506 e. The number of phenolic OH excluding ortho intramolecular Hbond substituents is 1. The molecular formula is C10H10ClN3OS. The van der Waals surface area contributed by atoms with Gasteiger partial charge in [0.1, 0.15) is 10.8 Å². The zero-order valence-corrected chi connectivity index (χ0v) is 10.1. The summed E-state index contributed by atoms with van der Waals surface area (Å²) >= 11 is 7.27. The summed E-state index contributed by atoms with van der Waals surface area (Å²) in [5.74, 6) is 0.109. The second kappa shape index (κ2) is 4.67. The molecule has 84 valence electrons. The molecule has 0 radical (unpaired) electrons. The van der Waals surface area contributed by atoms with Crippen LogP contribution in [0, 0.1) is 6.92 Å². The van der Waals surface area contributed by atoms with Crippen LogP contribution in [-0.4, -0.2) is 15.3 Å². The lowest BCUT2D eigenvalue weighted by Gasteiger charge is -2.05. The van der Waals surface area contributed by atoms with Crippen molar-refractivity contribution in [3.05, 3.63) is 33.8 Å². The molecule has 2 rings (SSSR count). The molecule has 1 aromatic carbocycles. The minimum absolute atomic E-state index is 0.109. The Morgan fingerprint density at radius 2 is 2.25 bits per heavy atom. The molecule has 1 aromatic heterocycles. The minimum Gasteiger partial charge on any atom is -0.506 e. The quantitative estimate of drug-likeness (QED) is 0.886. The van der Waals surface area contributed by atoms with Crippen LogP contribution in [0.3, 0.4) is 0 Å². The van der Waals surface area contributed by atoms with E-state index in [1.54, 1.807) is 12.1 Å². The number of benzene rings is 1. The van der Waals surface area contributed by atoms with Crippen molar-refractivity contribution < 1.29 is 5.11 Å². The Kier molecular flexibility index (Phi) is 3.26. The first-order chi connectivity index (χ1) is 7.66. The first-order valence-electron chi connectivity index (χ1n) is 4.67. The third-order valence-electron chi connectivity index (χ3n) is 2.03. The molecule has 0 saturated carbocycles. The van der Waals surface area contributed by atoms with Crippen molar-refractivity contribution in [1.82, 2.24) is 10.2 Å². The second-order valence-electron chi connectivity index (χ2n) is 3.23. The maximum Gasteiger partial charge on any atom is 0.205 e. The van der Waals surface area contributed by atoms with Crippen molar-refractivity contribution in [2.75, 3.05) is 5.32 Å². The van der Waals surface area contributed by atoms with Crippen LogP contribution >= 0.6 is 22.9 Å². The van der Waals surface area contributed by atoms with Crippen molar-refractivity contribution in [1.29, 1.82) is 0 Å². The summed E-state index contributed by atoms with van der Waals surface area (Å²) in [4.78, 5) is 0. The summed E-state index contributed by atoms with van der Waals surface area (Å²) < 4.78 is 0. The highest BCUT2D eigenvalue weighted by Crippen LogP contribution is 2.27. The Morgan fingerprint density at radius 3 is 2.94 bits per heavy atom. The van der Waals surface area contributed by atoms with Crippen LogP contribution in [0.25, 0.3) is 0 Å². The van der Waals surface area contributed by atoms with Crippen LogP contribution in [-0.2, 0) is 6.54 Å². The Bertz CT molecular complexity index is 501. The number of aryl methyl sites for hydroxylation is 1. The standard InChI is InChI=1S/C10H10ClN3OS/c1-6-13-14-10(16-6)12-5-7-3-2-4-8(11)9(7)15/h2-4,15H,5H2,1H3,(H,12,14). The lowest BCUT2D eigenvalue weighted by molar-refractivity contribution is 0.469. The smallest absolute Gasteiger partial charge is 0.205 e. The van der Waals surface area contributed by atoms with Gasteiger partial charge < -0.3 is 10.4 Å². The van der Waals surface area contributed by atoms with Crippen molar-refractivity contribution in [2.24, 2.45) is 0 Å². The van der Waals surface area contributed by atoms with E-state index in [9.17, 15) is 5.11 Å². The molecule has 0 unspecified atom stereocenters. The van der Waals surface area contributed by atoms with Gasteiger partial charge in [0, 0.05) is 12.1 Å². The zero-order chi connectivity index (χ0) is 11.5. The predicted molar refractivity (Wildman–Crippen MR) is 65.1 cm³/mol. The molecule has 0 aliphatic rings. The number of nitrogens with zero attached hydrogens (tertiary/aromatic N) is 2. The fourth-order valence-corrected chi connectivity index (χ4v) is 2.02. The van der Waals surface area contributed by atoms with Gasteiger partial charge in [-0.3, -0.25) is 0 Å². The minimum atomic E-state index is 0.109. The van der Waals surface area contributed by atoms with Crippen molar-refractivity contribution >= 4 is 28.1 Å². The van der Waals surface area contributed by atoms with E-state index in [2.05, 4.69) is 15.5 Å². The van der Waals surface area contributed by atoms with Gasteiger partial charge in [0.15, 0.2) is 0 Å². The van der Waals surface area contributed by atoms with E-state index >= 15 is 0 Å².